The quantitative estimate of drug-likeness (QED) is 0.597. The van der Waals surface area contributed by atoms with Gasteiger partial charge < -0.3 is 14.8 Å². The molecule has 0 aliphatic carbocycles. The van der Waals surface area contributed by atoms with Crippen molar-refractivity contribution in [3.05, 3.63) is 59.2 Å². The van der Waals surface area contributed by atoms with Gasteiger partial charge in [-0.15, -0.1) is 0 Å². The number of aromatic nitrogens is 2. The Kier molecular flexibility index (Phi) is 6.53. The minimum Gasteiger partial charge on any atom is -0.447 e. The first kappa shape index (κ1) is 21.1. The highest BCUT2D eigenvalue weighted by Crippen LogP contribution is 2.22. The molecule has 3 aromatic rings. The third-order valence-corrected chi connectivity index (χ3v) is 4.28. The van der Waals surface area contributed by atoms with E-state index in [0.29, 0.717) is 33.8 Å². The largest absolute Gasteiger partial charge is 0.447 e. The van der Waals surface area contributed by atoms with Gasteiger partial charge in [-0.05, 0) is 38.1 Å². The number of benzene rings is 2. The molecule has 0 unspecified atom stereocenters. The fraction of sp³-hybridized carbons (Fsp3) is 0.238. The molecule has 0 fully saturated rings. The van der Waals surface area contributed by atoms with Gasteiger partial charge in [-0.1, -0.05) is 6.07 Å². The van der Waals surface area contributed by atoms with Crippen LogP contribution in [0.25, 0.3) is 11.0 Å². The number of hydrogen-bond acceptors (Lipinski definition) is 6. The van der Waals surface area contributed by atoms with Crippen molar-refractivity contribution in [1.82, 2.24) is 9.97 Å². The SMILES string of the molecule is COCCOC(=O)Nc1cccc(NC(=O)c2cc(F)cc3nc(C)c(C)nc23)c1. The summed E-state index contributed by atoms with van der Waals surface area (Å²) in [5.74, 6) is -1.13. The van der Waals surface area contributed by atoms with Crippen LogP contribution in [-0.2, 0) is 9.47 Å². The number of halogens is 1. The van der Waals surface area contributed by atoms with Gasteiger partial charge in [0.1, 0.15) is 17.9 Å². The highest BCUT2D eigenvalue weighted by molar-refractivity contribution is 6.11. The molecular weight excluding hydrogens is 391 g/mol. The summed E-state index contributed by atoms with van der Waals surface area (Å²) in [5, 5.41) is 5.25. The highest BCUT2D eigenvalue weighted by Gasteiger charge is 2.16. The van der Waals surface area contributed by atoms with Crippen molar-refractivity contribution in [3.8, 4) is 0 Å². The number of rotatable bonds is 6. The van der Waals surface area contributed by atoms with Crippen LogP contribution in [0.2, 0.25) is 0 Å². The van der Waals surface area contributed by atoms with Gasteiger partial charge in [-0.3, -0.25) is 10.1 Å². The molecule has 8 nitrogen and oxygen atoms in total. The van der Waals surface area contributed by atoms with Gasteiger partial charge in [0.05, 0.1) is 29.1 Å². The van der Waals surface area contributed by atoms with Gasteiger partial charge in [-0.2, -0.15) is 0 Å². The predicted molar refractivity (Wildman–Crippen MR) is 110 cm³/mol. The van der Waals surface area contributed by atoms with E-state index in [1.165, 1.54) is 13.2 Å². The summed E-state index contributed by atoms with van der Waals surface area (Å²) in [5.41, 5.74) is 2.83. The number of hydrogen-bond donors (Lipinski definition) is 2. The van der Waals surface area contributed by atoms with Crippen molar-refractivity contribution >= 4 is 34.4 Å². The Balaban J connectivity index is 1.80. The molecule has 2 aromatic carbocycles. The van der Waals surface area contributed by atoms with Crippen LogP contribution in [0.5, 0.6) is 0 Å². The van der Waals surface area contributed by atoms with Crippen LogP contribution in [0, 0.1) is 19.7 Å². The van der Waals surface area contributed by atoms with Crippen molar-refractivity contribution in [2.45, 2.75) is 13.8 Å². The fourth-order valence-corrected chi connectivity index (χ4v) is 2.72. The number of carbonyl (C=O) groups excluding carboxylic acids is 2. The second-order valence-corrected chi connectivity index (χ2v) is 6.50. The Labute approximate surface area is 172 Å². The van der Waals surface area contributed by atoms with E-state index < -0.39 is 17.8 Å². The molecule has 156 valence electrons. The van der Waals surface area contributed by atoms with Crippen molar-refractivity contribution in [3.63, 3.8) is 0 Å². The van der Waals surface area contributed by atoms with Gasteiger partial charge in [0.25, 0.3) is 5.91 Å². The van der Waals surface area contributed by atoms with Crippen LogP contribution in [0.1, 0.15) is 21.7 Å². The Morgan fingerprint density at radius 1 is 1.00 bits per heavy atom. The number of nitrogens with one attached hydrogen (secondary N) is 2. The molecule has 1 heterocycles. The zero-order valence-corrected chi connectivity index (χ0v) is 16.8. The van der Waals surface area contributed by atoms with Gasteiger partial charge >= 0.3 is 6.09 Å². The van der Waals surface area contributed by atoms with Crippen LogP contribution in [-0.4, -0.2) is 42.3 Å². The number of aryl methyl sites for hydroxylation is 2. The van der Waals surface area contributed by atoms with Crippen LogP contribution < -0.4 is 10.6 Å². The standard InChI is InChI=1S/C21H21FN4O4/c1-12-13(2)24-19-17(9-14(22)10-18(19)23-12)20(27)25-15-5-4-6-16(11-15)26-21(28)30-8-7-29-3/h4-6,9-11H,7-8H2,1-3H3,(H,25,27)(H,26,28). The van der Waals surface area contributed by atoms with E-state index >= 15 is 0 Å². The summed E-state index contributed by atoms with van der Waals surface area (Å²) in [7, 11) is 1.50. The maximum atomic E-state index is 14.0. The van der Waals surface area contributed by atoms with Crippen LogP contribution in [0.3, 0.4) is 0 Å². The molecule has 0 aliphatic rings. The Morgan fingerprint density at radius 3 is 2.43 bits per heavy atom. The first-order valence-electron chi connectivity index (χ1n) is 9.16. The van der Waals surface area contributed by atoms with Crippen LogP contribution >= 0.6 is 0 Å². The van der Waals surface area contributed by atoms with Gasteiger partial charge in [-0.25, -0.2) is 19.2 Å². The number of nitrogens with zero attached hydrogens (tertiary/aromatic N) is 2. The van der Waals surface area contributed by atoms with Crippen LogP contribution in [0.4, 0.5) is 20.6 Å². The molecule has 0 saturated heterocycles. The smallest absolute Gasteiger partial charge is 0.411 e. The minimum absolute atomic E-state index is 0.0675. The molecule has 0 saturated carbocycles. The lowest BCUT2D eigenvalue weighted by atomic mass is 10.1. The monoisotopic (exact) mass is 412 g/mol. The van der Waals surface area contributed by atoms with E-state index in [9.17, 15) is 14.0 Å². The van der Waals surface area contributed by atoms with Gasteiger partial charge in [0, 0.05) is 24.6 Å². The summed E-state index contributed by atoms with van der Waals surface area (Å²) in [6, 6.07) is 8.85. The molecule has 1 aromatic heterocycles. The van der Waals surface area contributed by atoms with Crippen LogP contribution in [0.15, 0.2) is 36.4 Å². The van der Waals surface area contributed by atoms with Crippen molar-refractivity contribution in [1.29, 1.82) is 0 Å². The lowest BCUT2D eigenvalue weighted by Gasteiger charge is -2.11. The molecule has 0 bridgehead atoms. The summed E-state index contributed by atoms with van der Waals surface area (Å²) in [4.78, 5) is 33.3. The maximum Gasteiger partial charge on any atom is 0.411 e. The second kappa shape index (κ2) is 9.27. The molecule has 0 radical (unpaired) electrons. The third-order valence-electron chi connectivity index (χ3n) is 4.28. The Bertz CT molecular complexity index is 1100. The molecule has 30 heavy (non-hydrogen) atoms. The normalized spacial score (nSPS) is 10.7. The third kappa shape index (κ3) is 5.06. The molecule has 0 atom stereocenters. The molecule has 0 spiro atoms. The second-order valence-electron chi connectivity index (χ2n) is 6.50. The molecule has 2 N–H and O–H groups in total. The lowest BCUT2D eigenvalue weighted by molar-refractivity contribution is 0.102. The zero-order chi connectivity index (χ0) is 21.7. The van der Waals surface area contributed by atoms with E-state index in [1.54, 1.807) is 38.1 Å². The van der Waals surface area contributed by atoms with Crippen molar-refractivity contribution < 1.29 is 23.5 Å². The summed E-state index contributed by atoms with van der Waals surface area (Å²) >= 11 is 0. The van der Waals surface area contributed by atoms with Gasteiger partial charge in [0.2, 0.25) is 0 Å². The number of carbonyl (C=O) groups is 2. The number of anilines is 2. The van der Waals surface area contributed by atoms with Gasteiger partial charge in [0.15, 0.2) is 0 Å². The Morgan fingerprint density at radius 2 is 1.70 bits per heavy atom. The number of ether oxygens (including phenoxy) is 2. The van der Waals surface area contributed by atoms with Crippen molar-refractivity contribution in [2.24, 2.45) is 0 Å². The molecule has 2 amide bonds. The maximum absolute atomic E-state index is 14.0. The van der Waals surface area contributed by atoms with E-state index in [2.05, 4.69) is 20.6 Å². The molecule has 9 heteroatoms. The summed E-state index contributed by atoms with van der Waals surface area (Å²) in [6.45, 7) is 3.94. The summed E-state index contributed by atoms with van der Waals surface area (Å²) in [6.07, 6.45) is -0.646. The molecular formula is C21H21FN4O4. The first-order chi connectivity index (χ1) is 14.4. The first-order valence-corrected chi connectivity index (χ1v) is 9.16. The lowest BCUT2D eigenvalue weighted by Crippen LogP contribution is -2.17. The topological polar surface area (TPSA) is 102 Å². The van der Waals surface area contributed by atoms with E-state index in [0.717, 1.165) is 6.07 Å². The van der Waals surface area contributed by atoms with E-state index in [-0.39, 0.29) is 18.8 Å². The number of fused-ring (bicyclic) bond motifs is 1. The van der Waals surface area contributed by atoms with E-state index in [1.807, 2.05) is 0 Å². The minimum atomic E-state index is -0.646. The summed E-state index contributed by atoms with van der Waals surface area (Å²) < 4.78 is 23.8. The number of methoxy groups -OCH3 is 1. The average molecular weight is 412 g/mol. The zero-order valence-electron chi connectivity index (χ0n) is 16.8. The predicted octanol–water partition coefficient (Wildman–Crippen LogP) is 3.83. The Hall–Kier alpha value is -3.59. The number of amides is 2. The molecule has 3 rings (SSSR count). The fourth-order valence-electron chi connectivity index (χ4n) is 2.72. The van der Waals surface area contributed by atoms with Crippen molar-refractivity contribution in [2.75, 3.05) is 31.0 Å². The van der Waals surface area contributed by atoms with E-state index in [4.69, 9.17) is 9.47 Å². The highest BCUT2D eigenvalue weighted by atomic mass is 19.1. The average Bonchev–Trinajstić information content (AvgIpc) is 2.69. The molecule has 0 aliphatic heterocycles.